The summed E-state index contributed by atoms with van der Waals surface area (Å²) in [6, 6.07) is 0. The van der Waals surface area contributed by atoms with Crippen LogP contribution in [0.5, 0.6) is 0 Å². The molecular formula is C18H33NO5. The molecule has 24 heavy (non-hydrogen) atoms. The number of carbonyl (C=O) groups excluding carboxylic acids is 1. The van der Waals surface area contributed by atoms with Gasteiger partial charge in [0.2, 0.25) is 5.91 Å². The lowest BCUT2D eigenvalue weighted by Crippen LogP contribution is -2.38. The highest BCUT2D eigenvalue weighted by molar-refractivity contribution is 5.77. The minimum Gasteiger partial charge on any atom is -0.470 e. The van der Waals surface area contributed by atoms with Gasteiger partial charge in [-0.2, -0.15) is 0 Å². The predicted molar refractivity (Wildman–Crippen MR) is 92.6 cm³/mol. The number of amides is 1. The van der Waals surface area contributed by atoms with Gasteiger partial charge in [-0.25, -0.2) is 0 Å². The number of piperidine rings is 1. The minimum absolute atomic E-state index is 0.0650. The number of allylic oxidation sites excluding steroid dienone is 1. The van der Waals surface area contributed by atoms with E-state index in [1.165, 1.54) is 6.42 Å². The van der Waals surface area contributed by atoms with Crippen molar-refractivity contribution in [2.24, 2.45) is 0 Å². The Hall–Kier alpha value is -1.11. The average Bonchev–Trinajstić information content (AvgIpc) is 2.62. The topological polar surface area (TPSA) is 57.2 Å². The van der Waals surface area contributed by atoms with Gasteiger partial charge in [0.1, 0.15) is 19.0 Å². The van der Waals surface area contributed by atoms with Crippen LogP contribution < -0.4 is 0 Å². The van der Waals surface area contributed by atoms with Crippen molar-refractivity contribution in [1.82, 2.24) is 4.90 Å². The molecule has 1 heterocycles. The molecule has 0 aliphatic carbocycles. The number of hydrogen-bond donors (Lipinski definition) is 0. The Morgan fingerprint density at radius 2 is 1.75 bits per heavy atom. The van der Waals surface area contributed by atoms with Gasteiger partial charge in [-0.05, 0) is 52.0 Å². The van der Waals surface area contributed by atoms with Gasteiger partial charge in [0.05, 0.1) is 0 Å². The maximum atomic E-state index is 12.1. The Morgan fingerprint density at radius 1 is 1.00 bits per heavy atom. The minimum atomic E-state index is 0.0650. The van der Waals surface area contributed by atoms with Crippen molar-refractivity contribution in [3.63, 3.8) is 0 Å². The van der Waals surface area contributed by atoms with Crippen molar-refractivity contribution in [2.75, 3.05) is 52.9 Å². The van der Waals surface area contributed by atoms with E-state index in [4.69, 9.17) is 18.9 Å². The SMILES string of the molecule is CCOCCCC=C(COCC(=O)N1CCCCC1)OCOCC. The zero-order chi connectivity index (χ0) is 17.5. The Morgan fingerprint density at radius 3 is 2.46 bits per heavy atom. The summed E-state index contributed by atoms with van der Waals surface area (Å²) in [5, 5.41) is 0. The first-order valence-corrected chi connectivity index (χ1v) is 9.10. The first kappa shape index (κ1) is 20.9. The molecule has 0 atom stereocenters. The lowest BCUT2D eigenvalue weighted by atomic mass is 10.1. The van der Waals surface area contributed by atoms with Gasteiger partial charge < -0.3 is 23.8 Å². The molecule has 0 aromatic heterocycles. The van der Waals surface area contributed by atoms with Crippen molar-refractivity contribution in [2.45, 2.75) is 46.0 Å². The molecule has 0 radical (unpaired) electrons. The van der Waals surface area contributed by atoms with Crippen LogP contribution in [0.1, 0.15) is 46.0 Å². The molecule has 1 aliphatic heterocycles. The van der Waals surface area contributed by atoms with Crippen LogP contribution in [0.15, 0.2) is 11.8 Å². The van der Waals surface area contributed by atoms with Crippen LogP contribution in [-0.2, 0) is 23.7 Å². The Bertz CT molecular complexity index is 353. The van der Waals surface area contributed by atoms with Crippen molar-refractivity contribution < 1.29 is 23.7 Å². The second-order valence-electron chi connectivity index (χ2n) is 5.70. The van der Waals surface area contributed by atoms with Gasteiger partial charge in [0, 0.05) is 32.9 Å². The molecule has 0 aromatic carbocycles. The molecule has 0 unspecified atom stereocenters. The molecule has 1 saturated heterocycles. The second kappa shape index (κ2) is 14.3. The average molecular weight is 343 g/mol. The molecule has 6 nitrogen and oxygen atoms in total. The molecule has 1 aliphatic rings. The summed E-state index contributed by atoms with van der Waals surface area (Å²) >= 11 is 0. The summed E-state index contributed by atoms with van der Waals surface area (Å²) in [4.78, 5) is 14.0. The van der Waals surface area contributed by atoms with Crippen LogP contribution in [0, 0.1) is 0 Å². The molecule has 0 saturated carbocycles. The van der Waals surface area contributed by atoms with Crippen molar-refractivity contribution in [3.05, 3.63) is 11.8 Å². The summed E-state index contributed by atoms with van der Waals surface area (Å²) in [5.41, 5.74) is 0. The number of carbonyl (C=O) groups is 1. The van der Waals surface area contributed by atoms with Crippen LogP contribution in [0.4, 0.5) is 0 Å². The summed E-state index contributed by atoms with van der Waals surface area (Å²) in [6.07, 6.45) is 7.17. The fourth-order valence-corrected chi connectivity index (χ4v) is 2.43. The standard InChI is InChI=1S/C18H33NO5/c1-3-21-13-9-6-10-17(24-16-22-4-2)14-23-15-18(20)19-11-7-5-8-12-19/h10H,3-9,11-16H2,1-2H3. The van der Waals surface area contributed by atoms with Gasteiger partial charge in [0.25, 0.3) is 0 Å². The van der Waals surface area contributed by atoms with Gasteiger partial charge in [-0.3, -0.25) is 4.79 Å². The first-order valence-electron chi connectivity index (χ1n) is 9.10. The summed E-state index contributed by atoms with van der Waals surface area (Å²) in [7, 11) is 0. The normalized spacial score (nSPS) is 15.6. The molecule has 1 fully saturated rings. The first-order chi connectivity index (χ1) is 11.8. The number of rotatable bonds is 13. The zero-order valence-electron chi connectivity index (χ0n) is 15.3. The predicted octanol–water partition coefficient (Wildman–Crippen LogP) is 2.73. The lowest BCUT2D eigenvalue weighted by Gasteiger charge is -2.26. The number of nitrogens with zero attached hydrogens (tertiary/aromatic N) is 1. The largest absolute Gasteiger partial charge is 0.470 e. The van der Waals surface area contributed by atoms with Crippen LogP contribution >= 0.6 is 0 Å². The molecule has 0 bridgehead atoms. The number of unbranched alkanes of at least 4 members (excludes halogenated alkanes) is 1. The molecule has 1 rings (SSSR count). The highest BCUT2D eigenvalue weighted by atomic mass is 16.7. The monoisotopic (exact) mass is 343 g/mol. The molecule has 0 spiro atoms. The molecule has 1 amide bonds. The Kier molecular flexibility index (Phi) is 12.4. The summed E-state index contributed by atoms with van der Waals surface area (Å²) in [5.74, 6) is 0.779. The third-order valence-corrected chi connectivity index (χ3v) is 3.78. The third kappa shape index (κ3) is 9.90. The highest BCUT2D eigenvalue weighted by Crippen LogP contribution is 2.09. The van der Waals surface area contributed by atoms with Crippen molar-refractivity contribution in [1.29, 1.82) is 0 Å². The van der Waals surface area contributed by atoms with E-state index < -0.39 is 0 Å². The van der Waals surface area contributed by atoms with Gasteiger partial charge in [-0.15, -0.1) is 0 Å². The van der Waals surface area contributed by atoms with Crippen molar-refractivity contribution >= 4 is 5.91 Å². The van der Waals surface area contributed by atoms with E-state index in [0.29, 0.717) is 19.0 Å². The maximum absolute atomic E-state index is 12.1. The fraction of sp³-hybridized carbons (Fsp3) is 0.833. The second-order valence-corrected chi connectivity index (χ2v) is 5.70. The van der Waals surface area contributed by atoms with E-state index in [1.807, 2.05) is 24.8 Å². The van der Waals surface area contributed by atoms with Gasteiger partial charge in [0.15, 0.2) is 6.79 Å². The quantitative estimate of drug-likeness (QED) is 0.292. The van der Waals surface area contributed by atoms with Crippen LogP contribution in [0.2, 0.25) is 0 Å². The van der Waals surface area contributed by atoms with Crippen LogP contribution in [-0.4, -0.2) is 63.7 Å². The van der Waals surface area contributed by atoms with Crippen LogP contribution in [0.3, 0.4) is 0 Å². The van der Waals surface area contributed by atoms with Gasteiger partial charge >= 0.3 is 0 Å². The van der Waals surface area contributed by atoms with E-state index in [9.17, 15) is 4.79 Å². The third-order valence-electron chi connectivity index (χ3n) is 3.78. The van der Waals surface area contributed by atoms with E-state index in [-0.39, 0.29) is 19.3 Å². The molecule has 0 aromatic rings. The van der Waals surface area contributed by atoms with Gasteiger partial charge in [-0.1, -0.05) is 0 Å². The van der Waals surface area contributed by atoms with E-state index >= 15 is 0 Å². The Labute approximate surface area is 146 Å². The van der Waals surface area contributed by atoms with Crippen LogP contribution in [0.25, 0.3) is 0 Å². The molecular weight excluding hydrogens is 310 g/mol. The molecule has 140 valence electrons. The lowest BCUT2D eigenvalue weighted by molar-refractivity contribution is -0.137. The van der Waals surface area contributed by atoms with E-state index in [2.05, 4.69) is 0 Å². The molecule has 0 N–H and O–H groups in total. The smallest absolute Gasteiger partial charge is 0.248 e. The summed E-state index contributed by atoms with van der Waals surface area (Å²) < 4.78 is 21.6. The summed E-state index contributed by atoms with van der Waals surface area (Å²) in [6.45, 7) is 8.28. The van der Waals surface area contributed by atoms with Crippen molar-refractivity contribution in [3.8, 4) is 0 Å². The number of likely N-dealkylation sites (tertiary alicyclic amines) is 1. The zero-order valence-corrected chi connectivity index (χ0v) is 15.3. The molecule has 6 heteroatoms. The van der Waals surface area contributed by atoms with E-state index in [1.54, 1.807) is 0 Å². The maximum Gasteiger partial charge on any atom is 0.248 e. The number of ether oxygens (including phenoxy) is 4. The highest BCUT2D eigenvalue weighted by Gasteiger charge is 2.16. The number of hydrogen-bond acceptors (Lipinski definition) is 5. The van der Waals surface area contributed by atoms with E-state index in [0.717, 1.165) is 52.0 Å². The Balaban J connectivity index is 2.28. The fourth-order valence-electron chi connectivity index (χ4n) is 2.43.